The summed E-state index contributed by atoms with van der Waals surface area (Å²) in [6.45, 7) is 5.77. The summed E-state index contributed by atoms with van der Waals surface area (Å²) < 4.78 is 0.972. The second kappa shape index (κ2) is 5.85. The number of alkyl halides is 1. The van der Waals surface area contributed by atoms with Gasteiger partial charge in [-0.3, -0.25) is 4.79 Å². The van der Waals surface area contributed by atoms with Gasteiger partial charge in [0.15, 0.2) is 5.78 Å². The van der Waals surface area contributed by atoms with E-state index in [0.717, 1.165) is 10.0 Å². The van der Waals surface area contributed by atoms with Crippen LogP contribution in [0.15, 0.2) is 22.7 Å². The van der Waals surface area contributed by atoms with Crippen LogP contribution in [-0.4, -0.2) is 10.6 Å². The van der Waals surface area contributed by atoms with Crippen LogP contribution in [0, 0.1) is 5.41 Å². The van der Waals surface area contributed by atoms with Crippen molar-refractivity contribution in [3.63, 3.8) is 0 Å². The smallest absolute Gasteiger partial charge is 0.152 e. The molecule has 0 fully saturated rings. The quantitative estimate of drug-likeness (QED) is 0.671. The number of carbonyl (C=O) groups is 1. The minimum atomic E-state index is -0.341. The molecule has 0 spiro atoms. The zero-order valence-corrected chi connectivity index (χ0v) is 14.0. The van der Waals surface area contributed by atoms with Crippen molar-refractivity contribution in [1.82, 2.24) is 0 Å². The fourth-order valence-corrected chi connectivity index (χ4v) is 3.09. The van der Waals surface area contributed by atoms with Crippen LogP contribution in [0.3, 0.4) is 0 Å². The number of benzene rings is 1. The van der Waals surface area contributed by atoms with Crippen LogP contribution in [0.5, 0.6) is 0 Å². The lowest BCUT2D eigenvalue weighted by Crippen LogP contribution is -2.30. The summed E-state index contributed by atoms with van der Waals surface area (Å²) in [6.07, 6.45) is 0.606. The zero-order valence-electron chi connectivity index (χ0n) is 10.1. The molecule has 1 nitrogen and oxygen atoms in total. The molecule has 0 bridgehead atoms. The first-order valence-electron chi connectivity index (χ1n) is 5.34. The normalized spacial score (nSPS) is 13.5. The van der Waals surface area contributed by atoms with Gasteiger partial charge >= 0.3 is 0 Å². The summed E-state index contributed by atoms with van der Waals surface area (Å²) in [5.41, 5.74) is 0.632. The average Bonchev–Trinajstić information content (AvgIpc) is 2.21. The van der Waals surface area contributed by atoms with Crippen molar-refractivity contribution in [1.29, 1.82) is 0 Å². The van der Waals surface area contributed by atoms with E-state index < -0.39 is 0 Å². The lowest BCUT2D eigenvalue weighted by Gasteiger charge is -2.21. The second-order valence-electron chi connectivity index (χ2n) is 5.02. The Morgan fingerprint density at radius 2 is 2.00 bits per heavy atom. The molecule has 0 saturated carbocycles. The van der Waals surface area contributed by atoms with Gasteiger partial charge in [0.05, 0.1) is 4.83 Å². The fourth-order valence-electron chi connectivity index (χ4n) is 1.46. The van der Waals surface area contributed by atoms with Crippen LogP contribution >= 0.6 is 43.5 Å². The summed E-state index contributed by atoms with van der Waals surface area (Å²) >= 11 is 13.0. The van der Waals surface area contributed by atoms with Gasteiger partial charge in [-0.15, -0.1) is 0 Å². The monoisotopic (exact) mass is 380 g/mol. The van der Waals surface area contributed by atoms with E-state index in [2.05, 4.69) is 31.9 Å². The number of halogens is 3. The SMILES string of the molecule is CC(C)(C)C(=O)C(Br)Cc1cc(Br)ccc1Cl. The predicted molar refractivity (Wildman–Crippen MR) is 80.0 cm³/mol. The Labute approximate surface area is 124 Å². The molecular formula is C13H15Br2ClO. The lowest BCUT2D eigenvalue weighted by molar-refractivity contribution is -0.125. The Hall–Kier alpha value is 0.140. The van der Waals surface area contributed by atoms with Crippen molar-refractivity contribution >= 4 is 49.2 Å². The Morgan fingerprint density at radius 1 is 1.41 bits per heavy atom. The number of ketones is 1. The van der Waals surface area contributed by atoms with Gasteiger partial charge in [0.25, 0.3) is 0 Å². The first-order chi connectivity index (χ1) is 7.71. The van der Waals surface area contributed by atoms with Gasteiger partial charge in [-0.2, -0.15) is 0 Å². The Morgan fingerprint density at radius 3 is 2.53 bits per heavy atom. The minimum Gasteiger partial charge on any atom is -0.298 e. The summed E-state index contributed by atoms with van der Waals surface area (Å²) in [5.74, 6) is 0.188. The van der Waals surface area contributed by atoms with E-state index in [1.54, 1.807) is 0 Å². The van der Waals surface area contributed by atoms with Crippen LogP contribution in [0.2, 0.25) is 5.02 Å². The highest BCUT2D eigenvalue weighted by Gasteiger charge is 2.28. The predicted octanol–water partition coefficient (Wildman–Crippen LogP) is 5.02. The topological polar surface area (TPSA) is 17.1 Å². The van der Waals surface area contributed by atoms with Gasteiger partial charge in [0.1, 0.15) is 0 Å². The molecule has 0 N–H and O–H groups in total. The molecule has 0 aromatic heterocycles. The van der Waals surface area contributed by atoms with Crippen molar-refractivity contribution in [2.24, 2.45) is 5.41 Å². The molecule has 0 radical (unpaired) electrons. The van der Waals surface area contributed by atoms with E-state index in [0.29, 0.717) is 11.4 Å². The molecule has 94 valence electrons. The summed E-state index contributed by atoms with van der Waals surface area (Å²) in [4.78, 5) is 11.9. The van der Waals surface area contributed by atoms with Crippen LogP contribution in [0.25, 0.3) is 0 Å². The second-order valence-corrected chi connectivity index (χ2v) is 7.45. The third kappa shape index (κ3) is 4.38. The van der Waals surface area contributed by atoms with Gasteiger partial charge in [-0.05, 0) is 30.2 Å². The molecule has 0 aliphatic carbocycles. The van der Waals surface area contributed by atoms with Crippen molar-refractivity contribution in [3.05, 3.63) is 33.3 Å². The molecule has 4 heteroatoms. The molecule has 1 rings (SSSR count). The summed E-state index contributed by atoms with van der Waals surface area (Å²) in [6, 6.07) is 5.68. The number of Topliss-reactive ketones (excluding diaryl/α,β-unsaturated/α-hetero) is 1. The van der Waals surface area contributed by atoms with Crippen LogP contribution in [0.4, 0.5) is 0 Å². The first-order valence-corrected chi connectivity index (χ1v) is 7.43. The van der Waals surface area contributed by atoms with Gasteiger partial charge in [-0.25, -0.2) is 0 Å². The Balaban J connectivity index is 2.85. The van der Waals surface area contributed by atoms with E-state index in [9.17, 15) is 4.79 Å². The third-order valence-electron chi connectivity index (χ3n) is 2.43. The van der Waals surface area contributed by atoms with E-state index in [4.69, 9.17) is 11.6 Å². The molecule has 0 heterocycles. The lowest BCUT2D eigenvalue weighted by atomic mass is 9.87. The Kier molecular flexibility index (Phi) is 5.23. The van der Waals surface area contributed by atoms with E-state index in [1.807, 2.05) is 39.0 Å². The number of hydrogen-bond acceptors (Lipinski definition) is 1. The van der Waals surface area contributed by atoms with Crippen molar-refractivity contribution in [3.8, 4) is 0 Å². The average molecular weight is 383 g/mol. The standard InChI is InChI=1S/C13H15Br2ClO/c1-13(2,3)12(17)10(15)7-8-6-9(14)4-5-11(8)16/h4-6,10H,7H2,1-3H3. The molecule has 0 aliphatic rings. The van der Waals surface area contributed by atoms with Gasteiger partial charge in [-0.1, -0.05) is 64.2 Å². The van der Waals surface area contributed by atoms with E-state index in [-0.39, 0.29) is 16.0 Å². The molecular weight excluding hydrogens is 367 g/mol. The number of hydrogen-bond donors (Lipinski definition) is 0. The zero-order chi connectivity index (χ0) is 13.2. The molecule has 1 aromatic carbocycles. The molecule has 0 aliphatic heterocycles. The molecule has 0 amide bonds. The van der Waals surface area contributed by atoms with Crippen molar-refractivity contribution in [2.75, 3.05) is 0 Å². The van der Waals surface area contributed by atoms with E-state index in [1.165, 1.54) is 0 Å². The van der Waals surface area contributed by atoms with Gasteiger partial charge in [0.2, 0.25) is 0 Å². The maximum Gasteiger partial charge on any atom is 0.152 e. The van der Waals surface area contributed by atoms with E-state index >= 15 is 0 Å². The minimum absolute atomic E-state index is 0.188. The number of carbonyl (C=O) groups excluding carboxylic acids is 1. The van der Waals surface area contributed by atoms with Crippen LogP contribution in [0.1, 0.15) is 26.3 Å². The molecule has 1 atom stereocenters. The van der Waals surface area contributed by atoms with Gasteiger partial charge in [0, 0.05) is 14.9 Å². The highest BCUT2D eigenvalue weighted by atomic mass is 79.9. The molecule has 0 saturated heterocycles. The highest BCUT2D eigenvalue weighted by Crippen LogP contribution is 2.27. The molecule has 1 aromatic rings. The van der Waals surface area contributed by atoms with Crippen molar-refractivity contribution < 1.29 is 4.79 Å². The number of rotatable bonds is 3. The van der Waals surface area contributed by atoms with Gasteiger partial charge < -0.3 is 0 Å². The highest BCUT2D eigenvalue weighted by molar-refractivity contribution is 9.10. The first kappa shape index (κ1) is 15.2. The maximum atomic E-state index is 12.1. The Bertz CT molecular complexity index is 424. The summed E-state index contributed by atoms with van der Waals surface area (Å²) in [7, 11) is 0. The maximum absolute atomic E-state index is 12.1. The largest absolute Gasteiger partial charge is 0.298 e. The molecule has 1 unspecified atom stereocenters. The van der Waals surface area contributed by atoms with Crippen LogP contribution < -0.4 is 0 Å². The van der Waals surface area contributed by atoms with Crippen LogP contribution in [-0.2, 0) is 11.2 Å². The third-order valence-corrected chi connectivity index (χ3v) is 4.03. The van der Waals surface area contributed by atoms with Crippen molar-refractivity contribution in [2.45, 2.75) is 32.0 Å². The molecule has 17 heavy (non-hydrogen) atoms. The summed E-state index contributed by atoms with van der Waals surface area (Å²) in [5, 5.41) is 0.694. The fraction of sp³-hybridized carbons (Fsp3) is 0.462.